The summed E-state index contributed by atoms with van der Waals surface area (Å²) in [5, 5.41) is 11.1. The molecule has 0 radical (unpaired) electrons. The number of carbonyl (C=O) groups is 2. The second-order valence-electron chi connectivity index (χ2n) is 6.08. The Balaban J connectivity index is 1.42. The molecule has 1 aromatic heterocycles. The normalized spacial score (nSPS) is 13.6. The van der Waals surface area contributed by atoms with Crippen LogP contribution in [0.3, 0.4) is 0 Å². The number of carbonyl (C=O) groups excluding carboxylic acids is 2. The molecule has 0 saturated heterocycles. The molecule has 3 aromatic rings. The van der Waals surface area contributed by atoms with Gasteiger partial charge in [0.1, 0.15) is 0 Å². The van der Waals surface area contributed by atoms with E-state index in [0.717, 1.165) is 5.44 Å². The van der Waals surface area contributed by atoms with Crippen molar-refractivity contribution in [1.29, 1.82) is 0 Å². The van der Waals surface area contributed by atoms with Gasteiger partial charge in [0.2, 0.25) is 0 Å². The third-order valence-electron chi connectivity index (χ3n) is 4.20. The van der Waals surface area contributed by atoms with E-state index in [1.165, 1.54) is 4.46 Å². The summed E-state index contributed by atoms with van der Waals surface area (Å²) < 4.78 is 3.07. The molecule has 0 spiro atoms. The molecule has 1 N–H and O–H groups in total. The Labute approximate surface area is 172 Å². The number of hydrogen-bond donors (Lipinski definition) is 1. The van der Waals surface area contributed by atoms with Crippen molar-refractivity contribution in [3.05, 3.63) is 88.3 Å². The number of rotatable bonds is 6. The third kappa shape index (κ3) is 3.78. The Morgan fingerprint density at radius 2 is 1.64 bits per heavy atom. The topological polar surface area (TPSA) is 76.9 Å². The van der Waals surface area contributed by atoms with Crippen molar-refractivity contribution in [3.8, 4) is 0 Å². The van der Waals surface area contributed by atoms with Crippen LogP contribution in [-0.2, 0) is 12.0 Å². The van der Waals surface area contributed by atoms with Crippen molar-refractivity contribution in [1.82, 2.24) is 20.3 Å². The summed E-state index contributed by atoms with van der Waals surface area (Å²) >= 11 is 6.40. The number of nitrogens with zero attached hydrogens (tertiary/aromatic N) is 3. The van der Waals surface area contributed by atoms with Gasteiger partial charge in [-0.2, -0.15) is 0 Å². The van der Waals surface area contributed by atoms with E-state index in [0.29, 0.717) is 16.8 Å². The summed E-state index contributed by atoms with van der Waals surface area (Å²) in [6.07, 6.45) is 1.83. The van der Waals surface area contributed by atoms with E-state index >= 15 is 0 Å². The van der Waals surface area contributed by atoms with Crippen molar-refractivity contribution in [2.24, 2.45) is 0 Å². The van der Waals surface area contributed by atoms with Gasteiger partial charge in [-0.3, -0.25) is 0 Å². The van der Waals surface area contributed by atoms with Gasteiger partial charge in [0.05, 0.1) is 0 Å². The molecule has 1 aliphatic carbocycles. The Bertz CT molecular complexity index is 1080. The number of hydrogen-bond acceptors (Lipinski definition) is 5. The third-order valence-corrected chi connectivity index (χ3v) is 6.66. The van der Waals surface area contributed by atoms with Crippen LogP contribution in [0.25, 0.3) is 0 Å². The van der Waals surface area contributed by atoms with E-state index < -0.39 is 0 Å². The zero-order chi connectivity index (χ0) is 19.5. The first-order valence-corrected chi connectivity index (χ1v) is 11.0. The molecule has 8 heteroatoms. The fourth-order valence-electron chi connectivity index (χ4n) is 2.82. The van der Waals surface area contributed by atoms with Gasteiger partial charge in [-0.05, 0) is 0 Å². The molecule has 0 bridgehead atoms. The number of ketones is 2. The molecular weight excluding hydrogens is 443 g/mol. The van der Waals surface area contributed by atoms with Crippen molar-refractivity contribution < 1.29 is 9.59 Å². The Kier molecular flexibility index (Phi) is 5.39. The Morgan fingerprint density at radius 3 is 2.39 bits per heavy atom. The quantitative estimate of drug-likeness (QED) is 0.572. The first-order valence-electron chi connectivity index (χ1n) is 8.52. The van der Waals surface area contributed by atoms with Crippen LogP contribution in [0.15, 0.2) is 71.5 Å². The van der Waals surface area contributed by atoms with Gasteiger partial charge < -0.3 is 0 Å². The van der Waals surface area contributed by atoms with Gasteiger partial charge in [-0.15, -0.1) is 0 Å². The van der Waals surface area contributed by atoms with Crippen LogP contribution in [-0.4, -0.2) is 41.5 Å². The van der Waals surface area contributed by atoms with Crippen molar-refractivity contribution in [2.75, 3.05) is 0 Å². The monoisotopic (exact) mass is 458 g/mol. The fraction of sp³-hybridized carbons (Fsp3) is 0.100. The fourth-order valence-corrected chi connectivity index (χ4v) is 4.66. The first kappa shape index (κ1) is 18.6. The molecule has 2 aromatic carbocycles. The van der Waals surface area contributed by atoms with Gasteiger partial charge in [0.15, 0.2) is 0 Å². The van der Waals surface area contributed by atoms with Gasteiger partial charge >= 0.3 is 173 Å². The minimum atomic E-state index is -0.353. The molecule has 6 nitrogen and oxygen atoms in total. The van der Waals surface area contributed by atoms with Crippen molar-refractivity contribution in [3.63, 3.8) is 0 Å². The molecule has 4 rings (SSSR count). The Hall–Kier alpha value is -2.73. The standard InChI is InChI=1S/C20H15ClN4O2Se/c21-17-18(20(27)16-9-5-4-8-15(16)19(17)26)22-10-13-11-25(24-23-13)12-28-14-6-2-1-3-7-14/h1-9,11,22H,10,12H2. The second-order valence-corrected chi connectivity index (χ2v) is 8.60. The number of aromatic nitrogens is 3. The SMILES string of the molecule is O=C1C(Cl)=C(NCc2cn(C[Se]c3ccccc3)nn2)C(=O)c2ccccc21. The van der Waals surface area contributed by atoms with E-state index in [1.807, 2.05) is 24.4 Å². The summed E-state index contributed by atoms with van der Waals surface area (Å²) in [5.41, 5.74) is 2.22. The molecular formula is C20H15ClN4O2Se. The second kappa shape index (κ2) is 8.10. The van der Waals surface area contributed by atoms with Crippen molar-refractivity contribution in [2.45, 2.75) is 12.0 Å². The van der Waals surface area contributed by atoms with Crippen molar-refractivity contribution >= 4 is 42.6 Å². The molecule has 0 unspecified atom stereocenters. The molecule has 1 aliphatic rings. The number of nitrogens with one attached hydrogen (secondary N) is 1. The molecule has 28 heavy (non-hydrogen) atoms. The minimum absolute atomic E-state index is 0.0940. The Morgan fingerprint density at radius 1 is 0.964 bits per heavy atom. The van der Waals surface area contributed by atoms with Crippen LogP contribution in [0.5, 0.6) is 0 Å². The predicted octanol–water partition coefficient (Wildman–Crippen LogP) is 1.88. The summed E-state index contributed by atoms with van der Waals surface area (Å²) in [7, 11) is 0. The molecule has 0 fully saturated rings. The van der Waals surface area contributed by atoms with E-state index in [-0.39, 0.29) is 43.8 Å². The zero-order valence-corrected chi connectivity index (χ0v) is 17.1. The maximum atomic E-state index is 12.7. The van der Waals surface area contributed by atoms with E-state index in [9.17, 15) is 9.59 Å². The van der Waals surface area contributed by atoms with Crippen LogP contribution in [0.4, 0.5) is 0 Å². The van der Waals surface area contributed by atoms with Crippen LogP contribution in [0.2, 0.25) is 0 Å². The maximum absolute atomic E-state index is 12.7. The summed E-state index contributed by atoms with van der Waals surface area (Å²) in [6.45, 7) is 0.255. The number of allylic oxidation sites excluding steroid dienone is 2. The van der Waals surface area contributed by atoms with E-state index in [4.69, 9.17) is 11.6 Å². The molecule has 0 amide bonds. The summed E-state index contributed by atoms with van der Waals surface area (Å²) in [4.78, 5) is 25.1. The summed E-state index contributed by atoms with van der Waals surface area (Å²) in [6, 6.07) is 16.9. The average molecular weight is 458 g/mol. The number of Topliss-reactive ketones (excluding diaryl/α,β-unsaturated/α-hetero) is 2. The van der Waals surface area contributed by atoms with Crippen LogP contribution in [0, 0.1) is 0 Å². The van der Waals surface area contributed by atoms with E-state index in [1.54, 1.807) is 28.9 Å². The molecule has 0 aliphatic heterocycles. The number of benzene rings is 2. The number of fused-ring (bicyclic) bond motifs is 1. The van der Waals surface area contributed by atoms with Crippen LogP contribution in [0.1, 0.15) is 26.4 Å². The van der Waals surface area contributed by atoms with Gasteiger partial charge in [-0.1, -0.05) is 0 Å². The first-order chi connectivity index (χ1) is 13.6. The van der Waals surface area contributed by atoms with Gasteiger partial charge in [-0.25, -0.2) is 0 Å². The van der Waals surface area contributed by atoms with Crippen LogP contribution >= 0.6 is 11.6 Å². The zero-order valence-electron chi connectivity index (χ0n) is 14.6. The average Bonchev–Trinajstić information content (AvgIpc) is 3.19. The molecule has 140 valence electrons. The van der Waals surface area contributed by atoms with Gasteiger partial charge in [0, 0.05) is 0 Å². The number of halogens is 1. The van der Waals surface area contributed by atoms with Crippen LogP contribution < -0.4 is 9.78 Å². The summed E-state index contributed by atoms with van der Waals surface area (Å²) in [5.74, 6) is -0.645. The van der Waals surface area contributed by atoms with Gasteiger partial charge in [0.25, 0.3) is 0 Å². The predicted molar refractivity (Wildman–Crippen MR) is 107 cm³/mol. The molecule has 0 atom stereocenters. The molecule has 0 saturated carbocycles. The van der Waals surface area contributed by atoms with E-state index in [2.05, 4.69) is 27.8 Å². The molecule has 1 heterocycles.